The van der Waals surface area contributed by atoms with Crippen molar-refractivity contribution >= 4 is 0 Å². The van der Waals surface area contributed by atoms with Crippen LogP contribution in [0.2, 0.25) is 0 Å². The average Bonchev–Trinajstić information content (AvgIpc) is 2.18. The standard InChI is InChI=1S/C10H11FN2O/c11-10-7(6-12)2-1-3-8(10)9(13)4-5-14/h1-3,9,14H,4-5,13H2. The minimum Gasteiger partial charge on any atom is -0.396 e. The van der Waals surface area contributed by atoms with Crippen molar-refractivity contribution < 1.29 is 9.50 Å². The average molecular weight is 194 g/mol. The van der Waals surface area contributed by atoms with Gasteiger partial charge in [0, 0.05) is 18.2 Å². The predicted octanol–water partition coefficient (Wildman–Crippen LogP) is 1.08. The minimum atomic E-state index is -0.587. The fourth-order valence-electron chi connectivity index (χ4n) is 1.22. The Morgan fingerprint density at radius 1 is 1.57 bits per heavy atom. The van der Waals surface area contributed by atoms with Crippen LogP contribution < -0.4 is 5.73 Å². The van der Waals surface area contributed by atoms with Crippen molar-refractivity contribution in [3.8, 4) is 6.07 Å². The lowest BCUT2D eigenvalue weighted by Crippen LogP contribution is -2.14. The minimum absolute atomic E-state index is 0.0177. The number of aliphatic hydroxyl groups is 1. The third-order valence-electron chi connectivity index (χ3n) is 1.99. The molecule has 3 N–H and O–H groups in total. The second-order valence-electron chi connectivity index (χ2n) is 2.94. The number of rotatable bonds is 3. The fraction of sp³-hybridized carbons (Fsp3) is 0.300. The number of hydrogen-bond acceptors (Lipinski definition) is 3. The molecule has 0 bridgehead atoms. The molecule has 3 nitrogen and oxygen atoms in total. The monoisotopic (exact) mass is 194 g/mol. The van der Waals surface area contributed by atoms with E-state index in [1.165, 1.54) is 12.1 Å². The molecule has 14 heavy (non-hydrogen) atoms. The highest BCUT2D eigenvalue weighted by Gasteiger charge is 2.13. The van der Waals surface area contributed by atoms with E-state index < -0.39 is 11.9 Å². The van der Waals surface area contributed by atoms with Gasteiger partial charge in [0.15, 0.2) is 0 Å². The molecule has 1 unspecified atom stereocenters. The van der Waals surface area contributed by atoms with Gasteiger partial charge in [0.05, 0.1) is 5.56 Å². The van der Waals surface area contributed by atoms with E-state index in [2.05, 4.69) is 0 Å². The summed E-state index contributed by atoms with van der Waals surface area (Å²) in [5.74, 6) is -0.587. The van der Waals surface area contributed by atoms with Gasteiger partial charge in [-0.3, -0.25) is 0 Å². The highest BCUT2D eigenvalue weighted by Crippen LogP contribution is 2.19. The highest BCUT2D eigenvalue weighted by atomic mass is 19.1. The summed E-state index contributed by atoms with van der Waals surface area (Å²) in [6, 6.07) is 5.67. The number of hydrogen-bond donors (Lipinski definition) is 2. The van der Waals surface area contributed by atoms with Crippen LogP contribution in [0.15, 0.2) is 18.2 Å². The second kappa shape index (κ2) is 4.70. The summed E-state index contributed by atoms with van der Waals surface area (Å²) in [6.45, 7) is -0.0998. The topological polar surface area (TPSA) is 70.0 Å². The smallest absolute Gasteiger partial charge is 0.145 e. The molecule has 0 saturated heterocycles. The maximum atomic E-state index is 13.5. The second-order valence-corrected chi connectivity index (χ2v) is 2.94. The summed E-state index contributed by atoms with van der Waals surface area (Å²) in [6.07, 6.45) is 0.284. The maximum absolute atomic E-state index is 13.5. The first-order valence-electron chi connectivity index (χ1n) is 4.25. The first-order valence-corrected chi connectivity index (χ1v) is 4.25. The summed E-state index contributed by atoms with van der Waals surface area (Å²) >= 11 is 0. The Labute approximate surface area is 81.6 Å². The van der Waals surface area contributed by atoms with Gasteiger partial charge in [0.2, 0.25) is 0 Å². The lowest BCUT2D eigenvalue weighted by Gasteiger charge is -2.11. The molecule has 0 aromatic heterocycles. The molecule has 0 spiro atoms. The van der Waals surface area contributed by atoms with Crippen LogP contribution in [-0.2, 0) is 0 Å². The molecule has 0 heterocycles. The zero-order valence-corrected chi connectivity index (χ0v) is 7.57. The normalized spacial score (nSPS) is 12.1. The summed E-state index contributed by atoms with van der Waals surface area (Å²) in [5.41, 5.74) is 5.88. The molecule has 1 aromatic carbocycles. The van der Waals surface area contributed by atoms with Gasteiger partial charge in [-0.15, -0.1) is 0 Å². The van der Waals surface area contributed by atoms with Crippen LogP contribution in [0.25, 0.3) is 0 Å². The van der Waals surface area contributed by atoms with Crippen LogP contribution in [0.3, 0.4) is 0 Å². The Hall–Kier alpha value is -1.44. The van der Waals surface area contributed by atoms with Crippen LogP contribution in [0.4, 0.5) is 4.39 Å². The molecule has 0 fully saturated rings. The van der Waals surface area contributed by atoms with Crippen molar-refractivity contribution in [3.63, 3.8) is 0 Å². The van der Waals surface area contributed by atoms with Crippen molar-refractivity contribution in [1.82, 2.24) is 0 Å². The molecule has 0 aliphatic heterocycles. The zero-order valence-electron chi connectivity index (χ0n) is 7.57. The number of benzene rings is 1. The molecular weight excluding hydrogens is 183 g/mol. The molecule has 74 valence electrons. The molecule has 4 heteroatoms. The molecule has 1 aromatic rings. The van der Waals surface area contributed by atoms with Gasteiger partial charge < -0.3 is 10.8 Å². The SMILES string of the molecule is N#Cc1cccc(C(N)CCO)c1F. The van der Waals surface area contributed by atoms with Crippen molar-refractivity contribution in [2.45, 2.75) is 12.5 Å². The quantitative estimate of drug-likeness (QED) is 0.756. The number of nitrogens with two attached hydrogens (primary N) is 1. The van der Waals surface area contributed by atoms with Crippen molar-refractivity contribution in [3.05, 3.63) is 35.1 Å². The first kappa shape index (κ1) is 10.6. The number of nitrogens with zero attached hydrogens (tertiary/aromatic N) is 1. The van der Waals surface area contributed by atoms with E-state index in [9.17, 15) is 4.39 Å². The van der Waals surface area contributed by atoms with Crippen LogP contribution in [-0.4, -0.2) is 11.7 Å². The maximum Gasteiger partial charge on any atom is 0.145 e. The Kier molecular flexibility index (Phi) is 3.57. The lowest BCUT2D eigenvalue weighted by molar-refractivity contribution is 0.275. The molecular formula is C10H11FN2O. The van der Waals surface area contributed by atoms with Crippen molar-refractivity contribution in [2.75, 3.05) is 6.61 Å². The van der Waals surface area contributed by atoms with Gasteiger partial charge in [-0.2, -0.15) is 5.26 Å². The number of halogens is 1. The third-order valence-corrected chi connectivity index (χ3v) is 1.99. The van der Waals surface area contributed by atoms with Crippen LogP contribution >= 0.6 is 0 Å². The van der Waals surface area contributed by atoms with E-state index in [4.69, 9.17) is 16.1 Å². The van der Waals surface area contributed by atoms with Gasteiger partial charge in [-0.1, -0.05) is 12.1 Å². The molecule has 1 rings (SSSR count). The molecule has 0 radical (unpaired) electrons. The summed E-state index contributed by atoms with van der Waals surface area (Å²) in [4.78, 5) is 0. The number of aliphatic hydroxyl groups excluding tert-OH is 1. The van der Waals surface area contributed by atoms with Crippen molar-refractivity contribution in [2.24, 2.45) is 5.73 Å². The molecule has 0 aliphatic carbocycles. The van der Waals surface area contributed by atoms with E-state index in [1.54, 1.807) is 12.1 Å². The largest absolute Gasteiger partial charge is 0.396 e. The van der Waals surface area contributed by atoms with Gasteiger partial charge in [-0.05, 0) is 12.5 Å². The van der Waals surface area contributed by atoms with E-state index in [0.717, 1.165) is 0 Å². The van der Waals surface area contributed by atoms with Crippen LogP contribution in [0, 0.1) is 17.1 Å². The van der Waals surface area contributed by atoms with E-state index >= 15 is 0 Å². The summed E-state index contributed by atoms with van der Waals surface area (Å²) in [5, 5.41) is 17.2. The predicted molar refractivity (Wildman–Crippen MR) is 49.7 cm³/mol. The van der Waals surface area contributed by atoms with Crippen molar-refractivity contribution in [1.29, 1.82) is 5.26 Å². The number of nitriles is 1. The highest BCUT2D eigenvalue weighted by molar-refractivity contribution is 5.36. The Bertz CT molecular complexity index is 360. The van der Waals surface area contributed by atoms with E-state index in [0.29, 0.717) is 0 Å². The van der Waals surface area contributed by atoms with Crippen LogP contribution in [0.5, 0.6) is 0 Å². The van der Waals surface area contributed by atoms with Gasteiger partial charge in [0.1, 0.15) is 11.9 Å². The molecule has 0 saturated carbocycles. The van der Waals surface area contributed by atoms with Crippen LogP contribution in [0.1, 0.15) is 23.6 Å². The van der Waals surface area contributed by atoms with Gasteiger partial charge >= 0.3 is 0 Å². The zero-order chi connectivity index (χ0) is 10.6. The first-order chi connectivity index (χ1) is 6.70. The van der Waals surface area contributed by atoms with Gasteiger partial charge in [0.25, 0.3) is 0 Å². The van der Waals surface area contributed by atoms with E-state index in [1.807, 2.05) is 0 Å². The Balaban J connectivity index is 3.04. The third kappa shape index (κ3) is 2.08. The van der Waals surface area contributed by atoms with E-state index in [-0.39, 0.29) is 24.2 Å². The molecule has 1 atom stereocenters. The van der Waals surface area contributed by atoms with Gasteiger partial charge in [-0.25, -0.2) is 4.39 Å². The molecule has 0 amide bonds. The Morgan fingerprint density at radius 2 is 2.29 bits per heavy atom. The Morgan fingerprint density at radius 3 is 2.86 bits per heavy atom. The lowest BCUT2D eigenvalue weighted by atomic mass is 10.0. The fourth-order valence-corrected chi connectivity index (χ4v) is 1.22. The molecule has 0 aliphatic rings. The summed E-state index contributed by atoms with van der Waals surface area (Å²) in [7, 11) is 0. The summed E-state index contributed by atoms with van der Waals surface area (Å²) < 4.78 is 13.5.